The van der Waals surface area contributed by atoms with Crippen LogP contribution in [0.5, 0.6) is 11.5 Å². The van der Waals surface area contributed by atoms with Gasteiger partial charge in [-0.05, 0) is 37.6 Å². The van der Waals surface area contributed by atoms with E-state index in [2.05, 4.69) is 6.07 Å². The molecule has 22 heavy (non-hydrogen) atoms. The SMILES string of the molecule is COc1ccc(/C(C#N)=C/n2c(C)cc(=O)cc2C)cc1O. The summed E-state index contributed by atoms with van der Waals surface area (Å²) in [6, 6.07) is 9.89. The van der Waals surface area contributed by atoms with Gasteiger partial charge in [0.1, 0.15) is 6.07 Å². The Balaban J connectivity index is 2.56. The Bertz CT molecular complexity index is 816. The summed E-state index contributed by atoms with van der Waals surface area (Å²) in [7, 11) is 1.46. The highest BCUT2D eigenvalue weighted by molar-refractivity contribution is 5.86. The molecule has 0 atom stereocenters. The molecule has 5 nitrogen and oxygen atoms in total. The summed E-state index contributed by atoms with van der Waals surface area (Å²) < 4.78 is 6.76. The molecule has 0 unspecified atom stereocenters. The van der Waals surface area contributed by atoms with Gasteiger partial charge in [0, 0.05) is 29.7 Å². The van der Waals surface area contributed by atoms with Crippen LogP contribution in [0.1, 0.15) is 17.0 Å². The third-order valence-corrected chi connectivity index (χ3v) is 3.33. The Kier molecular flexibility index (Phi) is 4.33. The average Bonchev–Trinajstić information content (AvgIpc) is 2.46. The molecule has 0 saturated carbocycles. The number of methoxy groups -OCH3 is 1. The molecule has 1 aromatic heterocycles. The monoisotopic (exact) mass is 296 g/mol. The van der Waals surface area contributed by atoms with Crippen molar-refractivity contribution in [2.45, 2.75) is 13.8 Å². The Labute approximate surface area is 128 Å². The number of benzene rings is 1. The van der Waals surface area contributed by atoms with Gasteiger partial charge in [0.15, 0.2) is 16.9 Å². The molecule has 0 radical (unpaired) electrons. The van der Waals surface area contributed by atoms with Crippen molar-refractivity contribution in [1.29, 1.82) is 5.26 Å². The lowest BCUT2D eigenvalue weighted by atomic mass is 10.1. The van der Waals surface area contributed by atoms with Gasteiger partial charge < -0.3 is 14.4 Å². The maximum atomic E-state index is 11.5. The first kappa shape index (κ1) is 15.4. The molecule has 5 heteroatoms. The zero-order valence-corrected chi connectivity index (χ0v) is 12.6. The molecule has 2 aromatic rings. The smallest absolute Gasteiger partial charge is 0.182 e. The van der Waals surface area contributed by atoms with Crippen LogP contribution in [0.25, 0.3) is 11.8 Å². The van der Waals surface area contributed by atoms with Crippen molar-refractivity contribution in [1.82, 2.24) is 4.57 Å². The van der Waals surface area contributed by atoms with E-state index in [1.807, 2.05) is 0 Å². The van der Waals surface area contributed by atoms with Crippen LogP contribution in [-0.2, 0) is 0 Å². The molecule has 0 amide bonds. The second-order valence-corrected chi connectivity index (χ2v) is 4.89. The fourth-order valence-corrected chi connectivity index (χ4v) is 2.23. The van der Waals surface area contributed by atoms with Gasteiger partial charge >= 0.3 is 0 Å². The lowest BCUT2D eigenvalue weighted by Gasteiger charge is -2.11. The molecule has 0 aliphatic heterocycles. The summed E-state index contributed by atoms with van der Waals surface area (Å²) in [6.07, 6.45) is 1.64. The Morgan fingerprint density at radius 1 is 1.27 bits per heavy atom. The number of pyridine rings is 1. The van der Waals surface area contributed by atoms with Crippen LogP contribution in [0.4, 0.5) is 0 Å². The average molecular weight is 296 g/mol. The number of allylic oxidation sites excluding steroid dienone is 1. The van der Waals surface area contributed by atoms with Crippen LogP contribution in [0, 0.1) is 25.2 Å². The van der Waals surface area contributed by atoms with E-state index in [0.717, 1.165) is 11.4 Å². The number of hydrogen-bond acceptors (Lipinski definition) is 4. The first-order valence-electron chi connectivity index (χ1n) is 6.65. The van der Waals surface area contributed by atoms with Crippen molar-refractivity contribution in [2.75, 3.05) is 7.11 Å². The lowest BCUT2D eigenvalue weighted by Crippen LogP contribution is -2.08. The number of phenols is 1. The van der Waals surface area contributed by atoms with Crippen molar-refractivity contribution < 1.29 is 9.84 Å². The number of nitriles is 1. The predicted octanol–water partition coefficient (Wildman–Crippen LogP) is 2.70. The number of ether oxygens (including phenoxy) is 1. The number of hydrogen-bond donors (Lipinski definition) is 1. The van der Waals surface area contributed by atoms with Gasteiger partial charge in [-0.1, -0.05) is 0 Å². The standard InChI is InChI=1S/C17H16N2O3/c1-11-6-15(20)7-12(2)19(11)10-14(9-18)13-4-5-17(22-3)16(21)8-13/h4-8,10,21H,1-3H3/b14-10+. The fraction of sp³-hybridized carbons (Fsp3) is 0.176. The second kappa shape index (κ2) is 6.19. The van der Waals surface area contributed by atoms with E-state index in [4.69, 9.17) is 4.74 Å². The summed E-state index contributed by atoms with van der Waals surface area (Å²) in [4.78, 5) is 11.5. The molecule has 0 aliphatic carbocycles. The normalized spacial score (nSPS) is 11.1. The zero-order valence-electron chi connectivity index (χ0n) is 12.6. The molecule has 2 rings (SSSR count). The van der Waals surface area contributed by atoms with E-state index in [1.165, 1.54) is 25.3 Å². The third kappa shape index (κ3) is 3.01. The molecule has 0 aliphatic rings. The van der Waals surface area contributed by atoms with Crippen molar-refractivity contribution in [2.24, 2.45) is 0 Å². The van der Waals surface area contributed by atoms with Crippen LogP contribution in [0.15, 0.2) is 35.1 Å². The topological polar surface area (TPSA) is 75.2 Å². The number of aryl methyl sites for hydroxylation is 2. The maximum Gasteiger partial charge on any atom is 0.182 e. The molecule has 1 aromatic carbocycles. The van der Waals surface area contributed by atoms with Gasteiger partial charge in [0.05, 0.1) is 12.7 Å². The summed E-state index contributed by atoms with van der Waals surface area (Å²) in [6.45, 7) is 3.59. The maximum absolute atomic E-state index is 11.5. The number of nitrogens with zero attached hydrogens (tertiary/aromatic N) is 2. The Morgan fingerprint density at radius 2 is 1.91 bits per heavy atom. The van der Waals surface area contributed by atoms with Gasteiger partial charge in [-0.25, -0.2) is 0 Å². The first-order valence-corrected chi connectivity index (χ1v) is 6.65. The van der Waals surface area contributed by atoms with Crippen molar-refractivity contribution >= 4 is 11.8 Å². The van der Waals surface area contributed by atoms with Crippen LogP contribution in [0.3, 0.4) is 0 Å². The highest BCUT2D eigenvalue weighted by atomic mass is 16.5. The molecule has 0 fully saturated rings. The minimum Gasteiger partial charge on any atom is -0.504 e. The van der Waals surface area contributed by atoms with Crippen molar-refractivity contribution in [3.63, 3.8) is 0 Å². The third-order valence-electron chi connectivity index (χ3n) is 3.33. The zero-order chi connectivity index (χ0) is 16.3. The molecular formula is C17H16N2O3. The van der Waals surface area contributed by atoms with Gasteiger partial charge in [-0.2, -0.15) is 5.26 Å². The molecule has 1 heterocycles. The quantitative estimate of drug-likeness (QED) is 0.884. The number of phenolic OH excluding ortho intramolecular Hbond substituents is 1. The molecule has 0 spiro atoms. The highest BCUT2D eigenvalue weighted by Gasteiger charge is 2.08. The van der Waals surface area contributed by atoms with Gasteiger partial charge in [-0.3, -0.25) is 4.79 Å². The van der Waals surface area contributed by atoms with E-state index in [1.54, 1.807) is 36.7 Å². The number of rotatable bonds is 3. The molecule has 0 bridgehead atoms. The van der Waals surface area contributed by atoms with E-state index >= 15 is 0 Å². The summed E-state index contributed by atoms with van der Waals surface area (Å²) in [5, 5.41) is 19.2. The summed E-state index contributed by atoms with van der Waals surface area (Å²) in [5.41, 5.74) is 2.33. The van der Waals surface area contributed by atoms with E-state index in [-0.39, 0.29) is 11.2 Å². The number of aromatic hydroxyl groups is 1. The van der Waals surface area contributed by atoms with Crippen molar-refractivity contribution in [3.05, 3.63) is 57.5 Å². The van der Waals surface area contributed by atoms with Crippen LogP contribution in [0.2, 0.25) is 0 Å². The molecular weight excluding hydrogens is 280 g/mol. The Morgan fingerprint density at radius 3 is 2.41 bits per heavy atom. The summed E-state index contributed by atoms with van der Waals surface area (Å²) >= 11 is 0. The molecule has 0 saturated heterocycles. The van der Waals surface area contributed by atoms with E-state index in [9.17, 15) is 15.2 Å². The van der Waals surface area contributed by atoms with E-state index in [0.29, 0.717) is 16.9 Å². The van der Waals surface area contributed by atoms with E-state index < -0.39 is 0 Å². The number of aromatic nitrogens is 1. The largest absolute Gasteiger partial charge is 0.504 e. The fourth-order valence-electron chi connectivity index (χ4n) is 2.23. The first-order chi connectivity index (χ1) is 10.5. The van der Waals surface area contributed by atoms with Crippen LogP contribution >= 0.6 is 0 Å². The highest BCUT2D eigenvalue weighted by Crippen LogP contribution is 2.29. The molecule has 112 valence electrons. The summed E-state index contributed by atoms with van der Waals surface area (Å²) in [5.74, 6) is 0.311. The minimum absolute atomic E-state index is 0.0329. The lowest BCUT2D eigenvalue weighted by molar-refractivity contribution is 0.373. The van der Waals surface area contributed by atoms with Crippen molar-refractivity contribution in [3.8, 4) is 17.6 Å². The minimum atomic E-state index is -0.0692. The van der Waals surface area contributed by atoms with Gasteiger partial charge in [0.25, 0.3) is 0 Å². The van der Waals surface area contributed by atoms with Gasteiger partial charge in [-0.15, -0.1) is 0 Å². The van der Waals surface area contributed by atoms with Crippen LogP contribution < -0.4 is 10.2 Å². The second-order valence-electron chi connectivity index (χ2n) is 4.89. The molecule has 1 N–H and O–H groups in total. The predicted molar refractivity (Wildman–Crippen MR) is 84.6 cm³/mol. The van der Waals surface area contributed by atoms with Crippen LogP contribution in [-0.4, -0.2) is 16.8 Å². The Hall–Kier alpha value is -3.00. The van der Waals surface area contributed by atoms with Gasteiger partial charge in [0.2, 0.25) is 0 Å².